The molecule has 0 aromatic heterocycles. The van der Waals surface area contributed by atoms with E-state index in [4.69, 9.17) is 0 Å². The number of carbonyl (C=O) groups is 2. The summed E-state index contributed by atoms with van der Waals surface area (Å²) in [4.78, 5) is 35.0. The van der Waals surface area contributed by atoms with Crippen molar-refractivity contribution in [2.24, 2.45) is 0 Å². The Kier molecular flexibility index (Phi) is 3.98. The molecule has 8 heteroatoms. The largest absolute Gasteiger partial charge is 0.324 e. The molecule has 0 fully saturated rings. The minimum absolute atomic E-state index is 0.0198. The topological polar surface area (TPSA) is 101 Å². The van der Waals surface area contributed by atoms with E-state index in [2.05, 4.69) is 10.6 Å². The number of thioether (sulfide) groups is 1. The van der Waals surface area contributed by atoms with Crippen LogP contribution in [-0.4, -0.2) is 22.5 Å². The number of amides is 2. The van der Waals surface area contributed by atoms with Crippen LogP contribution in [0, 0.1) is 10.1 Å². The minimum atomic E-state index is -0.599. The molecule has 0 unspecified atom stereocenters. The van der Waals surface area contributed by atoms with Crippen molar-refractivity contribution in [2.75, 3.05) is 16.4 Å². The molecule has 0 atom stereocenters. The molecule has 1 aliphatic heterocycles. The maximum Gasteiger partial charge on any atom is 0.282 e. The van der Waals surface area contributed by atoms with Gasteiger partial charge in [-0.3, -0.25) is 19.7 Å². The van der Waals surface area contributed by atoms with Crippen molar-refractivity contribution in [3.05, 3.63) is 58.1 Å². The van der Waals surface area contributed by atoms with E-state index in [1.165, 1.54) is 30.0 Å². The minimum Gasteiger partial charge on any atom is -0.324 e. The van der Waals surface area contributed by atoms with Crippen LogP contribution < -0.4 is 10.6 Å². The van der Waals surface area contributed by atoms with Crippen molar-refractivity contribution in [2.45, 2.75) is 4.90 Å². The third-order valence-corrected chi connectivity index (χ3v) is 4.29. The molecule has 23 heavy (non-hydrogen) atoms. The summed E-state index contributed by atoms with van der Waals surface area (Å²) in [6, 6.07) is 10.8. The fourth-order valence-corrected chi connectivity index (χ4v) is 2.97. The molecule has 2 aromatic rings. The van der Waals surface area contributed by atoms with Gasteiger partial charge in [0.1, 0.15) is 5.56 Å². The van der Waals surface area contributed by atoms with Crippen LogP contribution >= 0.6 is 11.8 Å². The van der Waals surface area contributed by atoms with Crippen LogP contribution in [0.1, 0.15) is 10.4 Å². The first-order valence-electron chi connectivity index (χ1n) is 6.66. The molecule has 0 spiro atoms. The summed E-state index contributed by atoms with van der Waals surface area (Å²) >= 11 is 1.41. The molecule has 7 nitrogen and oxygen atoms in total. The predicted octanol–water partition coefficient (Wildman–Crippen LogP) is 2.89. The summed E-state index contributed by atoms with van der Waals surface area (Å²) in [5, 5.41) is 16.3. The number of hydrogen-bond acceptors (Lipinski definition) is 5. The fraction of sp³-hybridized carbons (Fsp3) is 0.0667. The van der Waals surface area contributed by atoms with Gasteiger partial charge in [-0.1, -0.05) is 12.1 Å². The Morgan fingerprint density at radius 3 is 2.83 bits per heavy atom. The average Bonchev–Trinajstić information content (AvgIpc) is 2.54. The van der Waals surface area contributed by atoms with Crippen LogP contribution in [0.15, 0.2) is 47.4 Å². The Bertz CT molecular complexity index is 822. The second kappa shape index (κ2) is 6.09. The number of para-hydroxylation sites is 1. The van der Waals surface area contributed by atoms with Crippen LogP contribution in [-0.2, 0) is 4.79 Å². The summed E-state index contributed by atoms with van der Waals surface area (Å²) < 4.78 is 0. The Balaban J connectivity index is 1.85. The normalized spacial score (nSPS) is 13.0. The van der Waals surface area contributed by atoms with E-state index in [-0.39, 0.29) is 17.2 Å². The lowest BCUT2D eigenvalue weighted by Crippen LogP contribution is -2.19. The molecule has 2 aromatic carbocycles. The molecule has 0 aliphatic carbocycles. The van der Waals surface area contributed by atoms with Crippen molar-refractivity contribution in [1.82, 2.24) is 0 Å². The van der Waals surface area contributed by atoms with Gasteiger partial charge in [-0.15, -0.1) is 11.8 Å². The van der Waals surface area contributed by atoms with Gasteiger partial charge in [0.05, 0.1) is 16.4 Å². The number of benzene rings is 2. The Morgan fingerprint density at radius 1 is 1.26 bits per heavy atom. The molecule has 3 rings (SSSR count). The van der Waals surface area contributed by atoms with Gasteiger partial charge in [-0.05, 0) is 24.3 Å². The van der Waals surface area contributed by atoms with Gasteiger partial charge in [0.15, 0.2) is 0 Å². The predicted molar refractivity (Wildman–Crippen MR) is 86.8 cm³/mol. The zero-order valence-electron chi connectivity index (χ0n) is 11.7. The van der Waals surface area contributed by atoms with Gasteiger partial charge >= 0.3 is 0 Å². The molecule has 0 saturated heterocycles. The number of anilines is 2. The van der Waals surface area contributed by atoms with Gasteiger partial charge in [0.2, 0.25) is 5.91 Å². The summed E-state index contributed by atoms with van der Waals surface area (Å²) in [7, 11) is 0. The highest BCUT2D eigenvalue weighted by atomic mass is 32.2. The van der Waals surface area contributed by atoms with Gasteiger partial charge in [0, 0.05) is 16.6 Å². The van der Waals surface area contributed by atoms with E-state index < -0.39 is 10.8 Å². The Labute approximate surface area is 135 Å². The third-order valence-electron chi connectivity index (χ3n) is 3.22. The number of carbonyl (C=O) groups excluding carboxylic acids is 2. The molecule has 0 bridgehead atoms. The quantitative estimate of drug-likeness (QED) is 0.666. The molecule has 1 heterocycles. The maximum absolute atomic E-state index is 12.3. The molecule has 0 radical (unpaired) electrons. The number of fused-ring (bicyclic) bond motifs is 1. The Morgan fingerprint density at radius 2 is 2.04 bits per heavy atom. The maximum atomic E-state index is 12.3. The second-order valence-corrected chi connectivity index (χ2v) is 5.79. The van der Waals surface area contributed by atoms with Gasteiger partial charge in [-0.25, -0.2) is 0 Å². The van der Waals surface area contributed by atoms with Crippen molar-refractivity contribution in [3.8, 4) is 0 Å². The van der Waals surface area contributed by atoms with Crippen molar-refractivity contribution >= 4 is 40.6 Å². The summed E-state index contributed by atoms with van der Waals surface area (Å²) in [6.07, 6.45) is 0. The van der Waals surface area contributed by atoms with Crippen molar-refractivity contribution in [1.29, 1.82) is 0 Å². The van der Waals surface area contributed by atoms with E-state index in [1.807, 2.05) is 0 Å². The number of nitro groups is 1. The van der Waals surface area contributed by atoms with Gasteiger partial charge in [-0.2, -0.15) is 0 Å². The fourth-order valence-electron chi connectivity index (χ4n) is 2.18. The van der Waals surface area contributed by atoms with E-state index in [1.54, 1.807) is 24.3 Å². The third kappa shape index (κ3) is 3.16. The monoisotopic (exact) mass is 329 g/mol. The van der Waals surface area contributed by atoms with Crippen LogP contribution in [0.5, 0.6) is 0 Å². The van der Waals surface area contributed by atoms with Crippen LogP contribution in [0.3, 0.4) is 0 Å². The molecule has 2 N–H and O–H groups in total. The van der Waals surface area contributed by atoms with Crippen LogP contribution in [0.2, 0.25) is 0 Å². The van der Waals surface area contributed by atoms with E-state index >= 15 is 0 Å². The second-order valence-electron chi connectivity index (χ2n) is 4.78. The highest BCUT2D eigenvalue weighted by molar-refractivity contribution is 8.00. The molecule has 116 valence electrons. The number of nitro benzene ring substituents is 1. The zero-order chi connectivity index (χ0) is 16.4. The van der Waals surface area contributed by atoms with Gasteiger partial charge in [0.25, 0.3) is 11.6 Å². The lowest BCUT2D eigenvalue weighted by Gasteiger charge is -2.17. The lowest BCUT2D eigenvalue weighted by atomic mass is 10.1. The molecule has 2 amide bonds. The molecule has 0 saturated carbocycles. The highest BCUT2D eigenvalue weighted by Crippen LogP contribution is 2.33. The van der Waals surface area contributed by atoms with E-state index in [0.717, 1.165) is 4.90 Å². The molecule has 1 aliphatic rings. The zero-order valence-corrected chi connectivity index (χ0v) is 12.6. The van der Waals surface area contributed by atoms with Crippen LogP contribution in [0.25, 0.3) is 0 Å². The Hall–Kier alpha value is -2.87. The first kappa shape index (κ1) is 15.0. The van der Waals surface area contributed by atoms with E-state index in [9.17, 15) is 19.7 Å². The standard InChI is InChI=1S/C15H11N3O4S/c19-14-8-23-13-6-5-9(7-11(13)17-14)16-15(20)10-3-1-2-4-12(10)18(21)22/h1-7H,8H2,(H,16,20)(H,17,19). The summed E-state index contributed by atoms with van der Waals surface area (Å²) in [5.41, 5.74) is 0.793. The summed E-state index contributed by atoms with van der Waals surface area (Å²) in [6.45, 7) is 0. The number of hydrogen-bond donors (Lipinski definition) is 2. The smallest absolute Gasteiger partial charge is 0.282 e. The van der Waals surface area contributed by atoms with E-state index in [0.29, 0.717) is 17.1 Å². The van der Waals surface area contributed by atoms with Crippen molar-refractivity contribution in [3.63, 3.8) is 0 Å². The summed E-state index contributed by atoms with van der Waals surface area (Å²) in [5.74, 6) is -0.328. The van der Waals surface area contributed by atoms with Crippen molar-refractivity contribution < 1.29 is 14.5 Å². The highest BCUT2D eigenvalue weighted by Gasteiger charge is 2.20. The SMILES string of the molecule is O=C1CSc2ccc(NC(=O)c3ccccc3[N+](=O)[O-])cc2N1. The number of rotatable bonds is 3. The number of nitrogens with zero attached hydrogens (tertiary/aromatic N) is 1. The van der Waals surface area contributed by atoms with Gasteiger partial charge < -0.3 is 10.6 Å². The molecular weight excluding hydrogens is 318 g/mol. The average molecular weight is 329 g/mol. The van der Waals surface area contributed by atoms with Crippen LogP contribution in [0.4, 0.5) is 17.1 Å². The lowest BCUT2D eigenvalue weighted by molar-refractivity contribution is -0.385. The first-order chi connectivity index (χ1) is 11.0. The first-order valence-corrected chi connectivity index (χ1v) is 7.64. The molecular formula is C15H11N3O4S. The number of nitrogens with one attached hydrogen (secondary N) is 2.